The van der Waals surface area contributed by atoms with Crippen LogP contribution in [0, 0.1) is 0 Å². The Bertz CT molecular complexity index is 466. The Morgan fingerprint density at radius 1 is 1.10 bits per heavy atom. The first-order chi connectivity index (χ1) is 9.28. The van der Waals surface area contributed by atoms with Gasteiger partial charge in [-0.15, -0.1) is 12.6 Å². The second-order valence-electron chi connectivity index (χ2n) is 5.23. The van der Waals surface area contributed by atoms with Gasteiger partial charge in [-0.3, -0.25) is 4.79 Å². The molecule has 0 saturated carbocycles. The van der Waals surface area contributed by atoms with Gasteiger partial charge < -0.3 is 15.4 Å². The van der Waals surface area contributed by atoms with Crippen molar-refractivity contribution in [1.82, 2.24) is 10.6 Å². The van der Waals surface area contributed by atoms with Gasteiger partial charge in [-0.25, -0.2) is 4.79 Å². The molecule has 1 aromatic carbocycles. The summed E-state index contributed by atoms with van der Waals surface area (Å²) in [4.78, 5) is 23.9. The van der Waals surface area contributed by atoms with E-state index in [1.807, 2.05) is 0 Å². The number of nitrogens with one attached hydrogen (secondary N) is 2. The van der Waals surface area contributed by atoms with Crippen LogP contribution in [0.25, 0.3) is 0 Å². The lowest BCUT2D eigenvalue weighted by atomic mass is 10.2. The molecular formula is C14H20N2O3S. The van der Waals surface area contributed by atoms with Gasteiger partial charge in [-0.05, 0) is 45.0 Å². The highest BCUT2D eigenvalue weighted by atomic mass is 32.1. The third-order valence-corrected chi connectivity index (χ3v) is 2.51. The molecule has 2 N–H and O–H groups in total. The average molecular weight is 296 g/mol. The molecule has 2 amide bonds. The van der Waals surface area contributed by atoms with Gasteiger partial charge in [0.05, 0.1) is 0 Å². The summed E-state index contributed by atoms with van der Waals surface area (Å²) < 4.78 is 5.07. The van der Waals surface area contributed by atoms with E-state index in [1.54, 1.807) is 45.0 Å². The van der Waals surface area contributed by atoms with Gasteiger partial charge in [-0.1, -0.05) is 0 Å². The molecule has 0 spiro atoms. The summed E-state index contributed by atoms with van der Waals surface area (Å²) in [5, 5.41) is 5.27. The van der Waals surface area contributed by atoms with Crippen molar-refractivity contribution >= 4 is 24.6 Å². The Hall–Kier alpha value is -1.69. The molecule has 0 aromatic heterocycles. The highest BCUT2D eigenvalue weighted by Gasteiger charge is 2.15. The zero-order chi connectivity index (χ0) is 15.2. The molecule has 0 bridgehead atoms. The molecule has 1 aromatic rings. The first kappa shape index (κ1) is 16.4. The van der Waals surface area contributed by atoms with Crippen molar-refractivity contribution in [3.63, 3.8) is 0 Å². The molecular weight excluding hydrogens is 276 g/mol. The fourth-order valence-electron chi connectivity index (χ4n) is 1.37. The second kappa shape index (κ2) is 7.19. The summed E-state index contributed by atoms with van der Waals surface area (Å²) >= 11 is 4.15. The van der Waals surface area contributed by atoms with E-state index < -0.39 is 11.7 Å². The number of hydrogen-bond acceptors (Lipinski definition) is 4. The summed E-state index contributed by atoms with van der Waals surface area (Å²) in [6, 6.07) is 6.88. The number of hydrogen-bond donors (Lipinski definition) is 3. The van der Waals surface area contributed by atoms with E-state index in [2.05, 4.69) is 23.3 Å². The topological polar surface area (TPSA) is 67.4 Å². The van der Waals surface area contributed by atoms with Gasteiger partial charge in [0.15, 0.2) is 0 Å². The molecule has 0 aliphatic heterocycles. The van der Waals surface area contributed by atoms with E-state index in [1.165, 1.54) is 0 Å². The van der Waals surface area contributed by atoms with Gasteiger partial charge in [0, 0.05) is 23.5 Å². The second-order valence-corrected chi connectivity index (χ2v) is 5.75. The van der Waals surface area contributed by atoms with Crippen molar-refractivity contribution in [2.24, 2.45) is 0 Å². The van der Waals surface area contributed by atoms with Crippen LogP contribution in [0.15, 0.2) is 29.2 Å². The summed E-state index contributed by atoms with van der Waals surface area (Å²) in [6.45, 7) is 6.02. The summed E-state index contributed by atoms with van der Waals surface area (Å²) in [7, 11) is 0. The molecule has 20 heavy (non-hydrogen) atoms. The van der Waals surface area contributed by atoms with Crippen molar-refractivity contribution in [2.75, 3.05) is 13.1 Å². The average Bonchev–Trinajstić information content (AvgIpc) is 2.33. The molecule has 0 atom stereocenters. The molecule has 0 heterocycles. The zero-order valence-corrected chi connectivity index (χ0v) is 12.8. The number of ether oxygens (including phenoxy) is 1. The largest absolute Gasteiger partial charge is 0.444 e. The van der Waals surface area contributed by atoms with Crippen LogP contribution in [0.4, 0.5) is 4.79 Å². The standard InChI is InChI=1S/C14H20N2O3S/c1-14(2,3)19-13(18)16-9-8-15-12(17)10-4-6-11(20)7-5-10/h4-7,20H,8-9H2,1-3H3,(H,15,17)(H,16,18). The predicted molar refractivity (Wildman–Crippen MR) is 80.3 cm³/mol. The number of rotatable bonds is 4. The van der Waals surface area contributed by atoms with Crippen LogP contribution >= 0.6 is 12.6 Å². The van der Waals surface area contributed by atoms with E-state index >= 15 is 0 Å². The molecule has 5 nitrogen and oxygen atoms in total. The molecule has 110 valence electrons. The van der Waals surface area contributed by atoms with Gasteiger partial charge in [-0.2, -0.15) is 0 Å². The maximum atomic E-state index is 11.7. The number of alkyl carbamates (subject to hydrolysis) is 1. The highest BCUT2D eigenvalue weighted by Crippen LogP contribution is 2.07. The molecule has 0 aliphatic rings. The Morgan fingerprint density at radius 3 is 2.20 bits per heavy atom. The summed E-state index contributed by atoms with van der Waals surface area (Å²) in [6.07, 6.45) is -0.494. The quantitative estimate of drug-likeness (QED) is 0.589. The van der Waals surface area contributed by atoms with Gasteiger partial charge in [0.25, 0.3) is 5.91 Å². The summed E-state index contributed by atoms with van der Waals surface area (Å²) in [5.41, 5.74) is 0.0298. The van der Waals surface area contributed by atoms with Gasteiger partial charge in [0.1, 0.15) is 5.60 Å². The van der Waals surface area contributed by atoms with Gasteiger partial charge in [0.2, 0.25) is 0 Å². The number of thiol groups is 1. The van der Waals surface area contributed by atoms with E-state index in [-0.39, 0.29) is 5.91 Å². The predicted octanol–water partition coefficient (Wildman–Crippen LogP) is 2.23. The van der Waals surface area contributed by atoms with E-state index in [0.717, 1.165) is 4.90 Å². The number of carbonyl (C=O) groups excluding carboxylic acids is 2. The van der Waals surface area contributed by atoms with Crippen LogP contribution in [0.5, 0.6) is 0 Å². The maximum Gasteiger partial charge on any atom is 0.407 e. The maximum absolute atomic E-state index is 11.7. The zero-order valence-electron chi connectivity index (χ0n) is 11.9. The minimum absolute atomic E-state index is 0.190. The van der Waals surface area contributed by atoms with Crippen molar-refractivity contribution in [3.05, 3.63) is 29.8 Å². The number of benzene rings is 1. The normalized spacial score (nSPS) is 10.8. The molecule has 0 radical (unpaired) electrons. The van der Waals surface area contributed by atoms with Crippen LogP contribution in [-0.4, -0.2) is 30.7 Å². The molecule has 0 fully saturated rings. The fourth-order valence-corrected chi connectivity index (χ4v) is 1.52. The smallest absolute Gasteiger partial charge is 0.407 e. The monoisotopic (exact) mass is 296 g/mol. The molecule has 6 heteroatoms. The highest BCUT2D eigenvalue weighted by molar-refractivity contribution is 7.80. The Labute approximate surface area is 124 Å². The lowest BCUT2D eigenvalue weighted by molar-refractivity contribution is 0.0526. The van der Waals surface area contributed by atoms with Crippen LogP contribution in [0.2, 0.25) is 0 Å². The molecule has 0 saturated heterocycles. The molecule has 1 rings (SSSR count). The lowest BCUT2D eigenvalue weighted by Gasteiger charge is -2.19. The number of amides is 2. The molecule has 0 unspecified atom stereocenters. The van der Waals surface area contributed by atoms with Crippen molar-refractivity contribution < 1.29 is 14.3 Å². The minimum atomic E-state index is -0.526. The van der Waals surface area contributed by atoms with E-state index in [9.17, 15) is 9.59 Å². The van der Waals surface area contributed by atoms with Gasteiger partial charge >= 0.3 is 6.09 Å². The number of carbonyl (C=O) groups is 2. The third kappa shape index (κ3) is 6.47. The lowest BCUT2D eigenvalue weighted by Crippen LogP contribution is -2.37. The fraction of sp³-hybridized carbons (Fsp3) is 0.429. The SMILES string of the molecule is CC(C)(C)OC(=O)NCCNC(=O)c1ccc(S)cc1. The summed E-state index contributed by atoms with van der Waals surface area (Å²) in [5.74, 6) is -0.190. The molecule has 0 aliphatic carbocycles. The Morgan fingerprint density at radius 2 is 1.65 bits per heavy atom. The Kier molecular flexibility index (Phi) is 5.88. The van der Waals surface area contributed by atoms with E-state index in [4.69, 9.17) is 4.74 Å². The third-order valence-electron chi connectivity index (χ3n) is 2.21. The van der Waals surface area contributed by atoms with Crippen LogP contribution in [0.1, 0.15) is 31.1 Å². The first-order valence-corrected chi connectivity index (χ1v) is 6.77. The van der Waals surface area contributed by atoms with Crippen LogP contribution < -0.4 is 10.6 Å². The van der Waals surface area contributed by atoms with Crippen LogP contribution in [-0.2, 0) is 4.74 Å². The van der Waals surface area contributed by atoms with Crippen molar-refractivity contribution in [1.29, 1.82) is 0 Å². The Balaban J connectivity index is 2.26. The van der Waals surface area contributed by atoms with Crippen molar-refractivity contribution in [2.45, 2.75) is 31.3 Å². The van der Waals surface area contributed by atoms with Crippen LogP contribution in [0.3, 0.4) is 0 Å². The van der Waals surface area contributed by atoms with E-state index in [0.29, 0.717) is 18.7 Å². The van der Waals surface area contributed by atoms with Crippen molar-refractivity contribution in [3.8, 4) is 0 Å². The first-order valence-electron chi connectivity index (χ1n) is 6.32. The minimum Gasteiger partial charge on any atom is -0.444 e.